The topological polar surface area (TPSA) is 56.1 Å². The molecule has 0 bridgehead atoms. The van der Waals surface area contributed by atoms with Crippen molar-refractivity contribution >= 4 is 43.5 Å². The highest BCUT2D eigenvalue weighted by atomic mass is 79.9. The van der Waals surface area contributed by atoms with Gasteiger partial charge >= 0.3 is 0 Å². The van der Waals surface area contributed by atoms with Gasteiger partial charge in [-0.1, -0.05) is 15.9 Å². The molecule has 2 rings (SSSR count). The minimum absolute atomic E-state index is 0.190. The fourth-order valence-corrected chi connectivity index (χ4v) is 2.39. The number of carbonyl (C=O) groups is 1. The molecule has 1 amide bonds. The summed E-state index contributed by atoms with van der Waals surface area (Å²) in [7, 11) is 1.64. The molecule has 2 aromatic rings. The minimum atomic E-state index is -0.190. The largest absolute Gasteiger partial charge is 0.383 e. The predicted molar refractivity (Wildman–Crippen MR) is 83.9 cm³/mol. The van der Waals surface area contributed by atoms with E-state index in [4.69, 9.17) is 4.74 Å². The fourth-order valence-electron chi connectivity index (χ4n) is 1.61. The zero-order valence-corrected chi connectivity index (χ0v) is 13.9. The van der Waals surface area contributed by atoms with Crippen molar-refractivity contribution in [2.24, 2.45) is 0 Å². The number of methoxy groups -OCH3 is 1. The number of aromatic nitrogens is 2. The maximum absolute atomic E-state index is 12.2. The lowest BCUT2D eigenvalue weighted by atomic mass is 10.2. The smallest absolute Gasteiger partial charge is 0.256 e. The molecule has 0 saturated carbocycles. The molecule has 0 unspecified atom stereocenters. The van der Waals surface area contributed by atoms with Crippen LogP contribution in [-0.2, 0) is 11.3 Å². The van der Waals surface area contributed by atoms with Crippen molar-refractivity contribution in [1.82, 2.24) is 9.78 Å². The number of amides is 1. The van der Waals surface area contributed by atoms with E-state index in [1.54, 1.807) is 30.3 Å². The van der Waals surface area contributed by atoms with Crippen LogP contribution in [0.25, 0.3) is 0 Å². The van der Waals surface area contributed by atoms with Crippen molar-refractivity contribution in [1.29, 1.82) is 0 Å². The molecule has 7 heteroatoms. The van der Waals surface area contributed by atoms with Crippen LogP contribution in [0.2, 0.25) is 0 Å². The second kappa shape index (κ2) is 7.01. The lowest BCUT2D eigenvalue weighted by Crippen LogP contribution is -2.12. The summed E-state index contributed by atoms with van der Waals surface area (Å²) in [5.41, 5.74) is 1.21. The van der Waals surface area contributed by atoms with Gasteiger partial charge in [0.2, 0.25) is 0 Å². The summed E-state index contributed by atoms with van der Waals surface area (Å²) in [6.07, 6.45) is 3.38. The first-order valence-electron chi connectivity index (χ1n) is 5.88. The molecular weight excluding hydrogens is 390 g/mol. The minimum Gasteiger partial charge on any atom is -0.383 e. The maximum Gasteiger partial charge on any atom is 0.256 e. The van der Waals surface area contributed by atoms with Gasteiger partial charge in [-0.15, -0.1) is 0 Å². The molecule has 0 atom stereocenters. The summed E-state index contributed by atoms with van der Waals surface area (Å²) in [6, 6.07) is 5.44. The number of anilines is 1. The first-order chi connectivity index (χ1) is 9.60. The van der Waals surface area contributed by atoms with Crippen LogP contribution in [0.4, 0.5) is 5.69 Å². The molecule has 0 aliphatic rings. The molecule has 1 aromatic carbocycles. The Kier molecular flexibility index (Phi) is 5.33. The molecule has 0 spiro atoms. The second-order valence-electron chi connectivity index (χ2n) is 4.06. The maximum atomic E-state index is 12.2. The SMILES string of the molecule is COCCn1cc(NC(=O)c2cc(Br)ccc2Br)cn1. The summed E-state index contributed by atoms with van der Waals surface area (Å²) in [5, 5.41) is 6.95. The van der Waals surface area contributed by atoms with Gasteiger partial charge in [0, 0.05) is 22.3 Å². The zero-order chi connectivity index (χ0) is 14.5. The molecule has 5 nitrogen and oxygen atoms in total. The van der Waals surface area contributed by atoms with E-state index in [0.717, 1.165) is 8.95 Å². The van der Waals surface area contributed by atoms with Crippen LogP contribution in [-0.4, -0.2) is 29.4 Å². The number of benzene rings is 1. The molecule has 106 valence electrons. The summed E-state index contributed by atoms with van der Waals surface area (Å²) >= 11 is 6.72. The molecule has 0 radical (unpaired) electrons. The van der Waals surface area contributed by atoms with Crippen LogP contribution in [0.5, 0.6) is 0 Å². The Balaban J connectivity index is 2.07. The molecular formula is C13H13Br2N3O2. The average molecular weight is 403 g/mol. The standard InChI is InChI=1S/C13H13Br2N3O2/c1-20-5-4-18-8-10(7-16-18)17-13(19)11-6-9(14)2-3-12(11)15/h2-3,6-8H,4-5H2,1H3,(H,17,19). The summed E-state index contributed by atoms with van der Waals surface area (Å²) < 4.78 is 8.28. The van der Waals surface area contributed by atoms with Gasteiger partial charge in [0.15, 0.2) is 0 Å². The van der Waals surface area contributed by atoms with E-state index in [9.17, 15) is 4.79 Å². The number of carbonyl (C=O) groups excluding carboxylic acids is 1. The van der Waals surface area contributed by atoms with E-state index in [-0.39, 0.29) is 5.91 Å². The lowest BCUT2D eigenvalue weighted by Gasteiger charge is -2.05. The summed E-state index contributed by atoms with van der Waals surface area (Å²) in [4.78, 5) is 12.2. The van der Waals surface area contributed by atoms with Gasteiger partial charge in [-0.05, 0) is 34.1 Å². The normalized spacial score (nSPS) is 10.6. The highest BCUT2D eigenvalue weighted by Crippen LogP contribution is 2.22. The molecule has 0 saturated heterocycles. The van der Waals surface area contributed by atoms with Gasteiger partial charge in [0.1, 0.15) is 0 Å². The number of hydrogen-bond acceptors (Lipinski definition) is 3. The van der Waals surface area contributed by atoms with Crippen molar-refractivity contribution in [3.63, 3.8) is 0 Å². The van der Waals surface area contributed by atoms with Crippen LogP contribution in [0.3, 0.4) is 0 Å². The third-order valence-electron chi connectivity index (χ3n) is 2.59. The number of ether oxygens (including phenoxy) is 1. The van der Waals surface area contributed by atoms with Gasteiger partial charge in [-0.3, -0.25) is 9.48 Å². The van der Waals surface area contributed by atoms with Gasteiger partial charge in [0.25, 0.3) is 5.91 Å². The van der Waals surface area contributed by atoms with Crippen LogP contribution in [0.1, 0.15) is 10.4 Å². The number of nitrogens with zero attached hydrogens (tertiary/aromatic N) is 2. The molecule has 0 aliphatic carbocycles. The number of rotatable bonds is 5. The van der Waals surface area contributed by atoms with Crippen LogP contribution in [0.15, 0.2) is 39.5 Å². The third kappa shape index (κ3) is 3.91. The molecule has 0 fully saturated rings. The van der Waals surface area contributed by atoms with E-state index in [0.29, 0.717) is 24.4 Å². The van der Waals surface area contributed by atoms with E-state index >= 15 is 0 Å². The molecule has 1 N–H and O–H groups in total. The second-order valence-corrected chi connectivity index (χ2v) is 5.83. The van der Waals surface area contributed by atoms with E-state index < -0.39 is 0 Å². The van der Waals surface area contributed by atoms with Crippen molar-refractivity contribution < 1.29 is 9.53 Å². The van der Waals surface area contributed by atoms with E-state index in [1.807, 2.05) is 12.1 Å². The van der Waals surface area contributed by atoms with Crippen molar-refractivity contribution in [2.45, 2.75) is 6.54 Å². The Bertz CT molecular complexity index is 613. The first kappa shape index (κ1) is 15.2. The Hall–Kier alpha value is -1.18. The van der Waals surface area contributed by atoms with Gasteiger partial charge in [-0.2, -0.15) is 5.10 Å². The van der Waals surface area contributed by atoms with Crippen LogP contribution in [0, 0.1) is 0 Å². The Labute approximate surface area is 133 Å². The molecule has 20 heavy (non-hydrogen) atoms. The Morgan fingerprint density at radius 2 is 2.25 bits per heavy atom. The Morgan fingerprint density at radius 3 is 3.00 bits per heavy atom. The zero-order valence-electron chi connectivity index (χ0n) is 10.8. The predicted octanol–water partition coefficient (Wildman–Crippen LogP) is 3.31. The highest BCUT2D eigenvalue weighted by Gasteiger charge is 2.11. The lowest BCUT2D eigenvalue weighted by molar-refractivity contribution is 0.102. The van der Waals surface area contributed by atoms with Gasteiger partial charge in [-0.25, -0.2) is 0 Å². The monoisotopic (exact) mass is 401 g/mol. The quantitative estimate of drug-likeness (QED) is 0.834. The molecule has 1 heterocycles. The molecule has 0 aliphatic heterocycles. The highest BCUT2D eigenvalue weighted by molar-refractivity contribution is 9.11. The first-order valence-corrected chi connectivity index (χ1v) is 7.46. The summed E-state index contributed by atoms with van der Waals surface area (Å²) in [5.74, 6) is -0.190. The van der Waals surface area contributed by atoms with Crippen molar-refractivity contribution in [2.75, 3.05) is 19.0 Å². The van der Waals surface area contributed by atoms with Gasteiger partial charge in [0.05, 0.1) is 30.6 Å². The number of nitrogens with one attached hydrogen (secondary N) is 1. The van der Waals surface area contributed by atoms with Crippen molar-refractivity contribution in [3.05, 3.63) is 45.1 Å². The van der Waals surface area contributed by atoms with Crippen LogP contribution >= 0.6 is 31.9 Å². The fraction of sp³-hybridized carbons (Fsp3) is 0.231. The van der Waals surface area contributed by atoms with Crippen molar-refractivity contribution in [3.8, 4) is 0 Å². The van der Waals surface area contributed by atoms with E-state index in [2.05, 4.69) is 42.3 Å². The Morgan fingerprint density at radius 1 is 1.45 bits per heavy atom. The number of hydrogen-bond donors (Lipinski definition) is 1. The van der Waals surface area contributed by atoms with Crippen LogP contribution < -0.4 is 5.32 Å². The molecule has 1 aromatic heterocycles. The van der Waals surface area contributed by atoms with Gasteiger partial charge < -0.3 is 10.1 Å². The third-order valence-corrected chi connectivity index (χ3v) is 3.77. The van der Waals surface area contributed by atoms with E-state index in [1.165, 1.54) is 0 Å². The summed E-state index contributed by atoms with van der Waals surface area (Å²) in [6.45, 7) is 1.22. The average Bonchev–Trinajstić information content (AvgIpc) is 2.86. The number of halogens is 2.